The maximum Gasteiger partial charge on any atom is 0.276 e. The number of carbonyl (C=O) groups excluding carboxylic acids is 1. The first-order valence-corrected chi connectivity index (χ1v) is 9.41. The summed E-state index contributed by atoms with van der Waals surface area (Å²) in [5, 5.41) is 11.2. The molecule has 3 rings (SSSR count). The van der Waals surface area contributed by atoms with Gasteiger partial charge in [-0.05, 0) is 54.2 Å². The Kier molecular flexibility index (Phi) is 5.76. The van der Waals surface area contributed by atoms with Gasteiger partial charge in [-0.2, -0.15) is 0 Å². The van der Waals surface area contributed by atoms with Gasteiger partial charge < -0.3 is 9.64 Å². The van der Waals surface area contributed by atoms with E-state index in [1.54, 1.807) is 43.3 Å². The molecule has 0 unspecified atom stereocenters. The van der Waals surface area contributed by atoms with Crippen molar-refractivity contribution in [2.75, 3.05) is 14.1 Å². The molecule has 0 atom stereocenters. The van der Waals surface area contributed by atoms with E-state index in [9.17, 15) is 14.9 Å². The first-order valence-electron chi connectivity index (χ1n) is 8.21. The fourth-order valence-corrected chi connectivity index (χ4v) is 3.23. The number of likely N-dealkylation sites (N-methyl/N-ethyl adjacent to an activating group) is 2. The molecule has 0 spiro atoms. The first-order chi connectivity index (χ1) is 13.3. The molecule has 0 aromatic heterocycles. The maximum absolute atomic E-state index is 12.4. The standard InChI is InChI=1S/C19H16BrN3O4S/c1-21-16(18(24)22(2)19(21)28)10-13-9-14(20)5-8-17(13)27-11-12-3-6-15(7-4-12)23(25)26/h3-10H,11H2,1-2H3. The van der Waals surface area contributed by atoms with Crippen LogP contribution < -0.4 is 4.74 Å². The lowest BCUT2D eigenvalue weighted by Crippen LogP contribution is -2.26. The zero-order valence-electron chi connectivity index (χ0n) is 15.1. The quantitative estimate of drug-likeness (QED) is 0.290. The zero-order chi connectivity index (χ0) is 20.4. The minimum atomic E-state index is -0.444. The number of amides is 1. The molecule has 0 aliphatic carbocycles. The highest BCUT2D eigenvalue weighted by Crippen LogP contribution is 2.29. The molecule has 0 saturated carbocycles. The summed E-state index contributed by atoms with van der Waals surface area (Å²) in [4.78, 5) is 25.8. The number of rotatable bonds is 5. The van der Waals surface area contributed by atoms with Crippen LogP contribution in [-0.2, 0) is 11.4 Å². The number of non-ortho nitro benzene ring substituents is 1. The second kappa shape index (κ2) is 8.07. The van der Waals surface area contributed by atoms with Gasteiger partial charge in [0.15, 0.2) is 5.11 Å². The van der Waals surface area contributed by atoms with Gasteiger partial charge in [0.05, 0.1) is 4.92 Å². The minimum absolute atomic E-state index is 0.0284. The smallest absolute Gasteiger partial charge is 0.276 e. The molecule has 1 aliphatic rings. The topological polar surface area (TPSA) is 75.9 Å². The van der Waals surface area contributed by atoms with Crippen molar-refractivity contribution in [2.45, 2.75) is 6.61 Å². The average molecular weight is 462 g/mol. The largest absolute Gasteiger partial charge is 0.488 e. The summed E-state index contributed by atoms with van der Waals surface area (Å²) < 4.78 is 6.74. The Bertz CT molecular complexity index is 991. The van der Waals surface area contributed by atoms with E-state index < -0.39 is 4.92 Å². The van der Waals surface area contributed by atoms with Crippen molar-refractivity contribution in [3.63, 3.8) is 0 Å². The fourth-order valence-electron chi connectivity index (χ4n) is 2.67. The van der Waals surface area contributed by atoms with Crippen molar-refractivity contribution in [3.8, 4) is 5.75 Å². The third-order valence-corrected chi connectivity index (χ3v) is 5.31. The zero-order valence-corrected chi connectivity index (χ0v) is 17.5. The Morgan fingerprint density at radius 1 is 1.18 bits per heavy atom. The molecule has 28 heavy (non-hydrogen) atoms. The number of ether oxygens (including phenoxy) is 1. The van der Waals surface area contributed by atoms with Crippen LogP contribution in [0.1, 0.15) is 11.1 Å². The van der Waals surface area contributed by atoms with E-state index in [2.05, 4.69) is 15.9 Å². The number of benzene rings is 2. The predicted octanol–water partition coefficient (Wildman–Crippen LogP) is 3.97. The molecule has 1 heterocycles. The van der Waals surface area contributed by atoms with Crippen LogP contribution in [0.2, 0.25) is 0 Å². The van der Waals surface area contributed by atoms with Crippen LogP contribution in [-0.4, -0.2) is 39.8 Å². The summed E-state index contributed by atoms with van der Waals surface area (Å²) in [6.45, 7) is 0.234. The highest BCUT2D eigenvalue weighted by molar-refractivity contribution is 9.10. The average Bonchev–Trinajstić information content (AvgIpc) is 2.85. The summed E-state index contributed by atoms with van der Waals surface area (Å²) in [5.41, 5.74) is 1.98. The number of halogens is 1. The van der Waals surface area contributed by atoms with E-state index in [-0.39, 0.29) is 18.2 Å². The Hall–Kier alpha value is -2.78. The lowest BCUT2D eigenvalue weighted by Gasteiger charge is -2.13. The molecule has 1 aliphatic heterocycles. The van der Waals surface area contributed by atoms with E-state index >= 15 is 0 Å². The number of hydrogen-bond donors (Lipinski definition) is 0. The van der Waals surface area contributed by atoms with Crippen molar-refractivity contribution in [1.82, 2.24) is 9.80 Å². The summed E-state index contributed by atoms with van der Waals surface area (Å²) in [5.74, 6) is 0.393. The normalized spacial score (nSPS) is 15.5. The second-order valence-electron chi connectivity index (χ2n) is 6.13. The number of hydrogen-bond acceptors (Lipinski definition) is 5. The second-order valence-corrected chi connectivity index (χ2v) is 7.41. The predicted molar refractivity (Wildman–Crippen MR) is 113 cm³/mol. The third-order valence-electron chi connectivity index (χ3n) is 4.26. The Morgan fingerprint density at radius 2 is 1.86 bits per heavy atom. The number of nitro benzene ring substituents is 1. The SMILES string of the molecule is CN1C(=O)C(=Cc2cc(Br)ccc2OCc2ccc([N+](=O)[O-])cc2)N(C)C1=S. The van der Waals surface area contributed by atoms with Gasteiger partial charge in [-0.3, -0.25) is 19.8 Å². The highest BCUT2D eigenvalue weighted by atomic mass is 79.9. The molecule has 1 saturated heterocycles. The van der Waals surface area contributed by atoms with Crippen LogP contribution in [0.25, 0.3) is 6.08 Å². The lowest BCUT2D eigenvalue weighted by molar-refractivity contribution is -0.384. The molecule has 144 valence electrons. The van der Waals surface area contributed by atoms with Crippen molar-refractivity contribution in [1.29, 1.82) is 0 Å². The van der Waals surface area contributed by atoms with Crippen molar-refractivity contribution in [3.05, 3.63) is 73.9 Å². The van der Waals surface area contributed by atoms with Crippen LogP contribution in [0, 0.1) is 10.1 Å². The minimum Gasteiger partial charge on any atom is -0.488 e. The number of thiocarbonyl (C=S) groups is 1. The van der Waals surface area contributed by atoms with E-state index in [0.717, 1.165) is 10.0 Å². The summed E-state index contributed by atoms with van der Waals surface area (Å²) in [6.07, 6.45) is 1.73. The van der Waals surface area contributed by atoms with Gasteiger partial charge in [0.25, 0.3) is 11.6 Å². The molecule has 1 amide bonds. The van der Waals surface area contributed by atoms with Crippen molar-refractivity contribution < 1.29 is 14.5 Å². The maximum atomic E-state index is 12.4. The van der Waals surface area contributed by atoms with Crippen LogP contribution >= 0.6 is 28.1 Å². The van der Waals surface area contributed by atoms with Crippen LogP contribution in [0.4, 0.5) is 5.69 Å². The monoisotopic (exact) mass is 461 g/mol. The summed E-state index contributed by atoms with van der Waals surface area (Å²) >= 11 is 8.67. The Balaban J connectivity index is 1.85. The van der Waals surface area contributed by atoms with E-state index in [0.29, 0.717) is 22.1 Å². The van der Waals surface area contributed by atoms with Gasteiger partial charge in [-0.1, -0.05) is 15.9 Å². The van der Waals surface area contributed by atoms with E-state index in [1.165, 1.54) is 17.0 Å². The molecular weight excluding hydrogens is 446 g/mol. The number of carbonyl (C=O) groups is 1. The molecular formula is C19H16BrN3O4S. The van der Waals surface area contributed by atoms with Gasteiger partial charge in [0.1, 0.15) is 18.1 Å². The summed E-state index contributed by atoms with van der Waals surface area (Å²) in [6, 6.07) is 11.7. The third kappa shape index (κ3) is 4.05. The molecule has 9 heteroatoms. The molecule has 2 aromatic rings. The van der Waals surface area contributed by atoms with Crippen molar-refractivity contribution >= 4 is 50.9 Å². The van der Waals surface area contributed by atoms with Crippen LogP contribution in [0.5, 0.6) is 5.75 Å². The van der Waals surface area contributed by atoms with Gasteiger partial charge in [-0.15, -0.1) is 0 Å². The van der Waals surface area contributed by atoms with Gasteiger partial charge >= 0.3 is 0 Å². The van der Waals surface area contributed by atoms with Crippen LogP contribution in [0.15, 0.2) is 52.6 Å². The van der Waals surface area contributed by atoms with Gasteiger partial charge in [-0.25, -0.2) is 0 Å². The molecule has 0 bridgehead atoms. The Labute approximate surface area is 175 Å². The number of nitro groups is 1. The van der Waals surface area contributed by atoms with E-state index in [4.69, 9.17) is 17.0 Å². The summed E-state index contributed by atoms with van der Waals surface area (Å²) in [7, 11) is 3.37. The lowest BCUT2D eigenvalue weighted by atomic mass is 10.1. The first kappa shape index (κ1) is 20.0. The van der Waals surface area contributed by atoms with Gasteiger partial charge in [0, 0.05) is 36.3 Å². The highest BCUT2D eigenvalue weighted by Gasteiger charge is 2.32. The molecule has 7 nitrogen and oxygen atoms in total. The van der Waals surface area contributed by atoms with E-state index in [1.807, 2.05) is 12.1 Å². The molecule has 0 N–H and O–H groups in total. The fraction of sp³-hybridized carbons (Fsp3) is 0.158. The Morgan fingerprint density at radius 3 is 2.43 bits per heavy atom. The van der Waals surface area contributed by atoms with Crippen molar-refractivity contribution in [2.24, 2.45) is 0 Å². The number of nitrogens with zero attached hydrogens (tertiary/aromatic N) is 3. The molecule has 1 fully saturated rings. The molecule has 0 radical (unpaired) electrons. The van der Waals surface area contributed by atoms with Crippen LogP contribution in [0.3, 0.4) is 0 Å². The van der Waals surface area contributed by atoms with Gasteiger partial charge in [0.2, 0.25) is 0 Å². The molecule has 2 aromatic carbocycles.